The molecule has 0 saturated heterocycles. The molecule has 0 aliphatic heterocycles. The van der Waals surface area contributed by atoms with Crippen LogP contribution in [0, 0.1) is 0 Å². The highest BCUT2D eigenvalue weighted by Crippen LogP contribution is 1.97. The summed E-state index contributed by atoms with van der Waals surface area (Å²) in [6.07, 6.45) is 3.79. The van der Waals surface area contributed by atoms with Crippen LogP contribution in [-0.4, -0.2) is 14.9 Å². The fourth-order valence-electron chi connectivity index (χ4n) is 1.59. The maximum absolute atomic E-state index is 5.21. The molecule has 1 aromatic heterocycles. The zero-order valence-corrected chi connectivity index (χ0v) is 11.1. The van der Waals surface area contributed by atoms with Gasteiger partial charge in [0.15, 0.2) is 5.11 Å². The van der Waals surface area contributed by atoms with Crippen LogP contribution in [0.3, 0.4) is 0 Å². The molecule has 0 fully saturated rings. The average molecular weight is 260 g/mol. The van der Waals surface area contributed by atoms with Crippen LogP contribution in [0.2, 0.25) is 0 Å². The van der Waals surface area contributed by atoms with E-state index >= 15 is 0 Å². The van der Waals surface area contributed by atoms with Gasteiger partial charge in [0.05, 0.1) is 6.20 Å². The highest BCUT2D eigenvalue weighted by Gasteiger charge is 1.98. The topological polar surface area (TPSA) is 41.9 Å². The molecular formula is C13H16N4S. The van der Waals surface area contributed by atoms with Gasteiger partial charge in [0.25, 0.3) is 0 Å². The van der Waals surface area contributed by atoms with Crippen molar-refractivity contribution in [2.45, 2.75) is 13.1 Å². The Bertz CT molecular complexity index is 507. The second kappa shape index (κ2) is 6.16. The van der Waals surface area contributed by atoms with Gasteiger partial charge >= 0.3 is 0 Å². The molecule has 0 saturated carbocycles. The third-order valence-electron chi connectivity index (χ3n) is 2.51. The zero-order valence-electron chi connectivity index (χ0n) is 10.3. The monoisotopic (exact) mass is 260 g/mol. The van der Waals surface area contributed by atoms with Crippen molar-refractivity contribution in [3.05, 3.63) is 53.9 Å². The fourth-order valence-corrected chi connectivity index (χ4v) is 1.73. The molecule has 0 atom stereocenters. The first-order valence-corrected chi connectivity index (χ1v) is 6.18. The van der Waals surface area contributed by atoms with Gasteiger partial charge in [0, 0.05) is 31.9 Å². The van der Waals surface area contributed by atoms with Crippen molar-refractivity contribution >= 4 is 17.3 Å². The Balaban J connectivity index is 1.73. The molecule has 94 valence electrons. The number of aryl methyl sites for hydroxylation is 1. The number of hydrogen-bond donors (Lipinski definition) is 2. The Labute approximate surface area is 112 Å². The third kappa shape index (κ3) is 3.85. The van der Waals surface area contributed by atoms with Gasteiger partial charge in [-0.05, 0) is 17.8 Å². The van der Waals surface area contributed by atoms with Crippen LogP contribution in [0.15, 0.2) is 42.7 Å². The highest BCUT2D eigenvalue weighted by molar-refractivity contribution is 7.80. The predicted octanol–water partition coefficient (Wildman–Crippen LogP) is 1.58. The van der Waals surface area contributed by atoms with Crippen molar-refractivity contribution in [3.8, 4) is 0 Å². The second-order valence-electron chi connectivity index (χ2n) is 4.04. The standard InChI is InChI=1S/C13H16N4S/c1-17-10-12(9-16-17)8-15-13(18)14-7-11-5-3-2-4-6-11/h2-6,9-10H,7-8H2,1H3,(H2,14,15,18). The molecule has 0 unspecified atom stereocenters. The lowest BCUT2D eigenvalue weighted by Gasteiger charge is -2.09. The van der Waals surface area contributed by atoms with E-state index in [0.29, 0.717) is 11.7 Å². The van der Waals surface area contributed by atoms with E-state index in [9.17, 15) is 0 Å². The molecule has 2 aromatic rings. The molecule has 0 aliphatic carbocycles. The molecular weight excluding hydrogens is 244 g/mol. The smallest absolute Gasteiger partial charge is 0.166 e. The zero-order chi connectivity index (χ0) is 12.8. The van der Waals surface area contributed by atoms with E-state index in [2.05, 4.69) is 27.9 Å². The molecule has 0 aliphatic rings. The Kier molecular flexibility index (Phi) is 4.30. The molecule has 2 rings (SSSR count). The van der Waals surface area contributed by atoms with Crippen LogP contribution in [0.1, 0.15) is 11.1 Å². The lowest BCUT2D eigenvalue weighted by Crippen LogP contribution is -2.34. The summed E-state index contributed by atoms with van der Waals surface area (Å²) in [4.78, 5) is 0. The largest absolute Gasteiger partial charge is 0.359 e. The lowest BCUT2D eigenvalue weighted by molar-refractivity contribution is 0.765. The van der Waals surface area contributed by atoms with Crippen molar-refractivity contribution < 1.29 is 0 Å². The van der Waals surface area contributed by atoms with E-state index in [1.54, 1.807) is 4.68 Å². The third-order valence-corrected chi connectivity index (χ3v) is 2.80. The summed E-state index contributed by atoms with van der Waals surface area (Å²) >= 11 is 5.21. The van der Waals surface area contributed by atoms with E-state index in [1.165, 1.54) is 5.56 Å². The first-order valence-electron chi connectivity index (χ1n) is 5.77. The molecule has 5 heteroatoms. The van der Waals surface area contributed by atoms with Gasteiger partial charge in [0.2, 0.25) is 0 Å². The predicted molar refractivity (Wildman–Crippen MR) is 75.9 cm³/mol. The molecule has 1 heterocycles. The summed E-state index contributed by atoms with van der Waals surface area (Å²) in [5, 5.41) is 11.1. The summed E-state index contributed by atoms with van der Waals surface area (Å²) in [5.41, 5.74) is 2.32. The average Bonchev–Trinajstić information content (AvgIpc) is 2.81. The van der Waals surface area contributed by atoms with Gasteiger partial charge in [-0.15, -0.1) is 0 Å². The molecule has 2 N–H and O–H groups in total. The fraction of sp³-hybridized carbons (Fsp3) is 0.231. The molecule has 0 bridgehead atoms. The maximum Gasteiger partial charge on any atom is 0.166 e. The van der Waals surface area contributed by atoms with Gasteiger partial charge in [0.1, 0.15) is 0 Å². The minimum Gasteiger partial charge on any atom is -0.359 e. The Morgan fingerprint density at radius 3 is 2.44 bits per heavy atom. The number of benzene rings is 1. The van der Waals surface area contributed by atoms with Crippen molar-refractivity contribution in [1.29, 1.82) is 0 Å². The summed E-state index contributed by atoms with van der Waals surface area (Å²) < 4.78 is 1.78. The Hall–Kier alpha value is -1.88. The van der Waals surface area contributed by atoms with Crippen molar-refractivity contribution in [3.63, 3.8) is 0 Å². The number of aromatic nitrogens is 2. The molecule has 1 aromatic carbocycles. The minimum absolute atomic E-state index is 0.655. The van der Waals surface area contributed by atoms with Crippen molar-refractivity contribution in [1.82, 2.24) is 20.4 Å². The summed E-state index contributed by atoms with van der Waals surface area (Å²) in [6.45, 7) is 1.42. The number of thiocarbonyl (C=S) groups is 1. The number of rotatable bonds is 4. The summed E-state index contributed by atoms with van der Waals surface area (Å²) in [7, 11) is 1.90. The Morgan fingerprint density at radius 1 is 1.17 bits per heavy atom. The van der Waals surface area contributed by atoms with E-state index in [-0.39, 0.29) is 0 Å². The van der Waals surface area contributed by atoms with Gasteiger partial charge in [-0.1, -0.05) is 30.3 Å². The van der Waals surface area contributed by atoms with E-state index in [0.717, 1.165) is 12.1 Å². The van der Waals surface area contributed by atoms with Gasteiger partial charge in [-0.25, -0.2) is 0 Å². The molecule has 18 heavy (non-hydrogen) atoms. The molecule has 0 amide bonds. The van der Waals surface area contributed by atoms with Crippen LogP contribution in [-0.2, 0) is 20.1 Å². The van der Waals surface area contributed by atoms with Crippen molar-refractivity contribution in [2.75, 3.05) is 0 Å². The number of nitrogens with zero attached hydrogens (tertiary/aromatic N) is 2. The SMILES string of the molecule is Cn1cc(CNC(=S)NCc2ccccc2)cn1. The van der Waals surface area contributed by atoms with E-state index in [4.69, 9.17) is 12.2 Å². The Morgan fingerprint density at radius 2 is 1.83 bits per heavy atom. The van der Waals surface area contributed by atoms with Crippen LogP contribution in [0.5, 0.6) is 0 Å². The highest BCUT2D eigenvalue weighted by atomic mass is 32.1. The normalized spacial score (nSPS) is 10.1. The lowest BCUT2D eigenvalue weighted by atomic mass is 10.2. The molecule has 0 spiro atoms. The van der Waals surface area contributed by atoms with Crippen molar-refractivity contribution in [2.24, 2.45) is 7.05 Å². The number of hydrogen-bond acceptors (Lipinski definition) is 2. The second-order valence-corrected chi connectivity index (χ2v) is 4.45. The molecule has 4 nitrogen and oxygen atoms in total. The quantitative estimate of drug-likeness (QED) is 0.819. The van der Waals surface area contributed by atoms with E-state index < -0.39 is 0 Å². The summed E-state index contributed by atoms with van der Waals surface area (Å²) in [6, 6.07) is 10.2. The van der Waals surface area contributed by atoms with Crippen LogP contribution >= 0.6 is 12.2 Å². The summed E-state index contributed by atoms with van der Waals surface area (Å²) in [5.74, 6) is 0. The van der Waals surface area contributed by atoms with E-state index in [1.807, 2.05) is 37.6 Å². The van der Waals surface area contributed by atoms with Gasteiger partial charge in [-0.2, -0.15) is 5.10 Å². The first kappa shape index (κ1) is 12.6. The molecule has 0 radical (unpaired) electrons. The number of nitrogens with one attached hydrogen (secondary N) is 2. The van der Waals surface area contributed by atoms with Crippen LogP contribution in [0.4, 0.5) is 0 Å². The van der Waals surface area contributed by atoms with Gasteiger partial charge < -0.3 is 10.6 Å². The first-order chi connectivity index (χ1) is 8.74. The van der Waals surface area contributed by atoms with Crippen LogP contribution < -0.4 is 10.6 Å². The maximum atomic E-state index is 5.21. The minimum atomic E-state index is 0.655. The van der Waals surface area contributed by atoms with Gasteiger partial charge in [-0.3, -0.25) is 4.68 Å². The van der Waals surface area contributed by atoms with Crippen LogP contribution in [0.25, 0.3) is 0 Å².